The number of anilines is 2. The fourth-order valence-corrected chi connectivity index (χ4v) is 1.71. The molecule has 0 unspecified atom stereocenters. The standard InChI is InChI=1S/C14H10ClFN2O3/c15-11-7-9(4-5-12(11)16)18-14(21)13(20)17-8-2-1-3-10(19)6-8/h1-7,19H,(H,17,20)(H,18,21). The highest BCUT2D eigenvalue weighted by atomic mass is 35.5. The van der Waals surface area contributed by atoms with Crippen molar-refractivity contribution in [3.63, 3.8) is 0 Å². The van der Waals surface area contributed by atoms with Crippen molar-refractivity contribution in [1.82, 2.24) is 0 Å². The zero-order chi connectivity index (χ0) is 15.4. The number of benzene rings is 2. The lowest BCUT2D eigenvalue weighted by Gasteiger charge is -2.07. The van der Waals surface area contributed by atoms with Crippen LogP contribution >= 0.6 is 11.6 Å². The summed E-state index contributed by atoms with van der Waals surface area (Å²) in [4.78, 5) is 23.3. The van der Waals surface area contributed by atoms with Crippen LogP contribution in [-0.2, 0) is 9.59 Å². The first-order valence-corrected chi connectivity index (χ1v) is 6.20. The molecule has 7 heteroatoms. The molecule has 2 aromatic rings. The number of aromatic hydroxyl groups is 1. The van der Waals surface area contributed by atoms with Gasteiger partial charge in [0.1, 0.15) is 11.6 Å². The van der Waals surface area contributed by atoms with Gasteiger partial charge < -0.3 is 15.7 Å². The normalized spacial score (nSPS) is 10.0. The second-order valence-corrected chi connectivity index (χ2v) is 4.49. The van der Waals surface area contributed by atoms with Crippen molar-refractivity contribution in [2.75, 3.05) is 10.6 Å². The molecule has 0 aliphatic heterocycles. The van der Waals surface area contributed by atoms with Gasteiger partial charge in [-0.15, -0.1) is 0 Å². The maximum Gasteiger partial charge on any atom is 0.314 e. The van der Waals surface area contributed by atoms with E-state index in [-0.39, 0.29) is 22.1 Å². The number of rotatable bonds is 2. The van der Waals surface area contributed by atoms with Crippen molar-refractivity contribution in [1.29, 1.82) is 0 Å². The van der Waals surface area contributed by atoms with Gasteiger partial charge in [-0.3, -0.25) is 9.59 Å². The third-order valence-electron chi connectivity index (χ3n) is 2.49. The number of hydrogen-bond acceptors (Lipinski definition) is 3. The molecule has 0 radical (unpaired) electrons. The van der Waals surface area contributed by atoms with Gasteiger partial charge in [0.2, 0.25) is 0 Å². The molecule has 21 heavy (non-hydrogen) atoms. The van der Waals surface area contributed by atoms with Gasteiger partial charge in [-0.05, 0) is 30.3 Å². The van der Waals surface area contributed by atoms with E-state index in [0.717, 1.165) is 6.07 Å². The summed E-state index contributed by atoms with van der Waals surface area (Å²) < 4.78 is 13.0. The predicted molar refractivity (Wildman–Crippen MR) is 76.8 cm³/mol. The van der Waals surface area contributed by atoms with Crippen LogP contribution in [0.15, 0.2) is 42.5 Å². The second kappa shape index (κ2) is 6.23. The number of nitrogens with one attached hydrogen (secondary N) is 2. The van der Waals surface area contributed by atoms with E-state index in [2.05, 4.69) is 10.6 Å². The van der Waals surface area contributed by atoms with Crippen LogP contribution in [0.25, 0.3) is 0 Å². The number of halogens is 2. The zero-order valence-corrected chi connectivity index (χ0v) is 11.3. The Morgan fingerprint density at radius 2 is 1.62 bits per heavy atom. The van der Waals surface area contributed by atoms with Crippen LogP contribution in [0.2, 0.25) is 5.02 Å². The summed E-state index contributed by atoms with van der Waals surface area (Å²) in [5, 5.41) is 13.7. The van der Waals surface area contributed by atoms with E-state index < -0.39 is 17.6 Å². The summed E-state index contributed by atoms with van der Waals surface area (Å²) in [7, 11) is 0. The van der Waals surface area contributed by atoms with Gasteiger partial charge in [-0.1, -0.05) is 17.7 Å². The molecular formula is C14H10ClFN2O3. The molecule has 0 fully saturated rings. The largest absolute Gasteiger partial charge is 0.508 e. The summed E-state index contributed by atoms with van der Waals surface area (Å²) in [6.45, 7) is 0. The molecule has 108 valence electrons. The van der Waals surface area contributed by atoms with Crippen LogP contribution in [0.4, 0.5) is 15.8 Å². The molecule has 2 amide bonds. The Hall–Kier alpha value is -2.60. The molecule has 0 saturated carbocycles. The number of carbonyl (C=O) groups is 2. The van der Waals surface area contributed by atoms with Gasteiger partial charge in [0.15, 0.2) is 0 Å². The Morgan fingerprint density at radius 3 is 2.19 bits per heavy atom. The van der Waals surface area contributed by atoms with Gasteiger partial charge >= 0.3 is 11.8 Å². The third-order valence-corrected chi connectivity index (χ3v) is 2.78. The molecular weight excluding hydrogens is 299 g/mol. The maximum absolute atomic E-state index is 13.0. The number of carbonyl (C=O) groups excluding carboxylic acids is 2. The molecule has 0 bridgehead atoms. The van der Waals surface area contributed by atoms with E-state index >= 15 is 0 Å². The lowest BCUT2D eigenvalue weighted by atomic mass is 10.3. The Labute approximate surface area is 124 Å². The van der Waals surface area contributed by atoms with Crippen molar-refractivity contribution in [2.45, 2.75) is 0 Å². The first kappa shape index (κ1) is 14.8. The predicted octanol–water partition coefficient (Wildman–Crippen LogP) is 2.76. The quantitative estimate of drug-likeness (QED) is 0.746. The van der Waals surface area contributed by atoms with E-state index in [4.69, 9.17) is 11.6 Å². The van der Waals surface area contributed by atoms with Crippen LogP contribution in [0.5, 0.6) is 5.75 Å². The third kappa shape index (κ3) is 3.93. The zero-order valence-electron chi connectivity index (χ0n) is 10.6. The number of hydrogen-bond donors (Lipinski definition) is 3. The van der Waals surface area contributed by atoms with E-state index in [9.17, 15) is 19.1 Å². The SMILES string of the molecule is O=C(Nc1cccc(O)c1)C(=O)Nc1ccc(F)c(Cl)c1. The first-order chi connectivity index (χ1) is 9.95. The first-order valence-electron chi connectivity index (χ1n) is 5.82. The van der Waals surface area contributed by atoms with Gasteiger partial charge in [0.05, 0.1) is 5.02 Å². The molecule has 2 rings (SSSR count). The van der Waals surface area contributed by atoms with Crippen molar-refractivity contribution in [3.8, 4) is 5.75 Å². The van der Waals surface area contributed by atoms with Crippen LogP contribution in [0.1, 0.15) is 0 Å². The molecule has 0 aromatic heterocycles. The fourth-order valence-electron chi connectivity index (χ4n) is 1.53. The topological polar surface area (TPSA) is 78.4 Å². The summed E-state index contributed by atoms with van der Waals surface area (Å²) in [6, 6.07) is 9.29. The summed E-state index contributed by atoms with van der Waals surface area (Å²) in [5.41, 5.74) is 0.463. The monoisotopic (exact) mass is 308 g/mol. The van der Waals surface area contributed by atoms with E-state index in [1.54, 1.807) is 0 Å². The highest BCUT2D eigenvalue weighted by Crippen LogP contribution is 2.19. The van der Waals surface area contributed by atoms with Crippen molar-refractivity contribution < 1.29 is 19.1 Å². The Kier molecular flexibility index (Phi) is 4.39. The number of phenolic OH excluding ortho intramolecular Hbond substituents is 1. The van der Waals surface area contributed by atoms with E-state index in [1.807, 2.05) is 0 Å². The second-order valence-electron chi connectivity index (χ2n) is 4.09. The van der Waals surface area contributed by atoms with Crippen molar-refractivity contribution >= 4 is 34.8 Å². The minimum atomic E-state index is -0.944. The molecule has 2 aromatic carbocycles. The maximum atomic E-state index is 13.0. The molecule has 0 heterocycles. The van der Waals surface area contributed by atoms with E-state index in [0.29, 0.717) is 0 Å². The van der Waals surface area contributed by atoms with Crippen LogP contribution < -0.4 is 10.6 Å². The Bertz CT molecular complexity index is 706. The fraction of sp³-hybridized carbons (Fsp3) is 0. The summed E-state index contributed by atoms with van der Waals surface area (Å²) >= 11 is 5.57. The lowest BCUT2D eigenvalue weighted by Crippen LogP contribution is -2.29. The summed E-state index contributed by atoms with van der Waals surface area (Å²) in [5.74, 6) is -2.54. The van der Waals surface area contributed by atoms with Crippen molar-refractivity contribution in [2.24, 2.45) is 0 Å². The lowest BCUT2D eigenvalue weighted by molar-refractivity contribution is -0.132. The number of amides is 2. The molecule has 0 atom stereocenters. The minimum Gasteiger partial charge on any atom is -0.508 e. The highest BCUT2D eigenvalue weighted by Gasteiger charge is 2.14. The number of phenols is 1. The van der Waals surface area contributed by atoms with Gasteiger partial charge in [-0.25, -0.2) is 4.39 Å². The molecule has 0 spiro atoms. The molecule has 5 nitrogen and oxygen atoms in total. The summed E-state index contributed by atoms with van der Waals surface area (Å²) in [6.07, 6.45) is 0. The Morgan fingerprint density at radius 1 is 1.00 bits per heavy atom. The van der Waals surface area contributed by atoms with Gasteiger partial charge in [0.25, 0.3) is 0 Å². The highest BCUT2D eigenvalue weighted by molar-refractivity contribution is 6.43. The van der Waals surface area contributed by atoms with Gasteiger partial charge in [0, 0.05) is 17.4 Å². The average molecular weight is 309 g/mol. The Balaban J connectivity index is 2.02. The smallest absolute Gasteiger partial charge is 0.314 e. The van der Waals surface area contributed by atoms with Crippen molar-refractivity contribution in [3.05, 3.63) is 53.3 Å². The van der Waals surface area contributed by atoms with Crippen LogP contribution in [0, 0.1) is 5.82 Å². The van der Waals surface area contributed by atoms with Gasteiger partial charge in [-0.2, -0.15) is 0 Å². The minimum absolute atomic E-state index is 0.0430. The molecule has 0 saturated heterocycles. The average Bonchev–Trinajstić information content (AvgIpc) is 2.43. The molecule has 0 aliphatic carbocycles. The van der Waals surface area contributed by atoms with E-state index in [1.165, 1.54) is 36.4 Å². The molecule has 3 N–H and O–H groups in total. The molecule has 0 aliphatic rings. The van der Waals surface area contributed by atoms with Crippen LogP contribution in [0.3, 0.4) is 0 Å². The van der Waals surface area contributed by atoms with Crippen LogP contribution in [-0.4, -0.2) is 16.9 Å².